The monoisotopic (exact) mass is 445 g/mol. The highest BCUT2D eigenvalue weighted by Gasteiger charge is 2.29. The number of aliphatic hydroxyl groups is 1. The van der Waals surface area contributed by atoms with Crippen LogP contribution < -0.4 is 4.74 Å². The summed E-state index contributed by atoms with van der Waals surface area (Å²) >= 11 is 0. The maximum atomic E-state index is 11.2. The van der Waals surface area contributed by atoms with Gasteiger partial charge in [0.1, 0.15) is 18.5 Å². The van der Waals surface area contributed by atoms with Crippen molar-refractivity contribution < 1.29 is 33.5 Å². The highest BCUT2D eigenvalue weighted by molar-refractivity contribution is 7.46. The first-order valence-electron chi connectivity index (χ1n) is 9.73. The minimum atomic E-state index is -4.44. The van der Waals surface area contributed by atoms with E-state index in [0.717, 1.165) is 22.4 Å². The Kier molecular flexibility index (Phi) is 7.99. The Labute approximate surface area is 180 Å². The minimum absolute atomic E-state index is 0.0438. The molecule has 1 aliphatic rings. The van der Waals surface area contributed by atoms with E-state index >= 15 is 0 Å². The van der Waals surface area contributed by atoms with Crippen LogP contribution in [0.5, 0.6) is 5.75 Å². The van der Waals surface area contributed by atoms with Crippen molar-refractivity contribution in [3.8, 4) is 28.7 Å². The van der Waals surface area contributed by atoms with E-state index in [-0.39, 0.29) is 31.5 Å². The largest absolute Gasteiger partial charge is 0.488 e. The number of phosphoric ester groups is 1. The number of nitrogens with zero attached hydrogens (tertiary/aromatic N) is 1. The number of carbonyl (C=O) groups is 1. The molecule has 1 saturated heterocycles. The van der Waals surface area contributed by atoms with Crippen molar-refractivity contribution in [3.63, 3.8) is 0 Å². The summed E-state index contributed by atoms with van der Waals surface area (Å²) in [5, 5.41) is 8.78. The number of likely N-dealkylation sites (tertiary alicyclic amines) is 1. The van der Waals surface area contributed by atoms with Gasteiger partial charge in [-0.05, 0) is 35.4 Å². The summed E-state index contributed by atoms with van der Waals surface area (Å²) < 4.78 is 20.8. The summed E-state index contributed by atoms with van der Waals surface area (Å²) in [5.41, 5.74) is 2.86. The van der Waals surface area contributed by atoms with Crippen LogP contribution in [-0.4, -0.2) is 64.5 Å². The van der Waals surface area contributed by atoms with Gasteiger partial charge >= 0.3 is 7.82 Å². The predicted molar refractivity (Wildman–Crippen MR) is 114 cm³/mol. The number of aliphatic hydroxyl groups excluding tert-OH is 1. The number of hydrogen-bond donors (Lipinski definition) is 3. The number of carbonyl (C=O) groups excluding carboxylic acids is 1. The zero-order chi connectivity index (χ0) is 22.3. The van der Waals surface area contributed by atoms with Crippen LogP contribution in [0.25, 0.3) is 11.1 Å². The molecular formula is C22H24NO7P. The second-order valence-electron chi connectivity index (χ2n) is 7.11. The molecule has 2 aromatic rings. The summed E-state index contributed by atoms with van der Waals surface area (Å²) in [6.07, 6.45) is 0.271. The molecule has 0 aliphatic carbocycles. The molecule has 0 saturated carbocycles. The highest BCUT2D eigenvalue weighted by atomic mass is 31.2. The maximum absolute atomic E-state index is 11.2. The second-order valence-corrected chi connectivity index (χ2v) is 8.35. The lowest BCUT2D eigenvalue weighted by atomic mass is 10.0. The van der Waals surface area contributed by atoms with Gasteiger partial charge in [-0.2, -0.15) is 0 Å². The first-order valence-corrected chi connectivity index (χ1v) is 11.3. The second kappa shape index (κ2) is 10.7. The SMILES string of the molecule is O=C(CO)CN1CC(Oc2ccc(-c3ccc(C#CCCOP(=O)(O)O)cc3)cc2)C1. The number of ketones is 1. The lowest BCUT2D eigenvalue weighted by molar-refractivity contribution is -0.125. The van der Waals surface area contributed by atoms with E-state index in [1.807, 2.05) is 53.4 Å². The van der Waals surface area contributed by atoms with Gasteiger partial charge in [-0.25, -0.2) is 4.57 Å². The number of hydrogen-bond acceptors (Lipinski definition) is 6. The summed E-state index contributed by atoms with van der Waals surface area (Å²) in [6.45, 7) is 1.05. The molecule has 2 aromatic carbocycles. The van der Waals surface area contributed by atoms with Gasteiger partial charge in [0.15, 0.2) is 5.78 Å². The highest BCUT2D eigenvalue weighted by Crippen LogP contribution is 2.35. The zero-order valence-corrected chi connectivity index (χ0v) is 17.7. The molecule has 3 rings (SSSR count). The first-order chi connectivity index (χ1) is 14.8. The van der Waals surface area contributed by atoms with Crippen LogP contribution in [0.3, 0.4) is 0 Å². The quantitative estimate of drug-likeness (QED) is 0.304. The molecule has 0 bridgehead atoms. The van der Waals surface area contributed by atoms with Gasteiger partial charge in [0.25, 0.3) is 0 Å². The molecule has 0 unspecified atom stereocenters. The molecule has 9 heteroatoms. The molecule has 31 heavy (non-hydrogen) atoms. The number of ether oxygens (including phenoxy) is 1. The molecule has 8 nitrogen and oxygen atoms in total. The van der Waals surface area contributed by atoms with Crippen LogP contribution >= 0.6 is 7.82 Å². The van der Waals surface area contributed by atoms with Gasteiger partial charge < -0.3 is 19.6 Å². The Hall–Kier alpha value is -2.50. The summed E-state index contributed by atoms with van der Waals surface area (Å²) in [6, 6.07) is 15.4. The lowest BCUT2D eigenvalue weighted by Crippen LogP contribution is -2.55. The van der Waals surface area contributed by atoms with Crippen molar-refractivity contribution in [1.29, 1.82) is 0 Å². The number of benzene rings is 2. The van der Waals surface area contributed by atoms with E-state index in [1.165, 1.54) is 0 Å². The standard InChI is InChI=1S/C22H24NO7P/c24-16-20(25)13-23-14-22(15-23)30-21-10-8-19(9-11-21)18-6-4-17(5-7-18)3-1-2-12-29-31(26,27)28/h4-11,22,24H,2,12-16H2,(H2,26,27,28). The molecule has 164 valence electrons. The fraction of sp³-hybridized carbons (Fsp3) is 0.318. The van der Waals surface area contributed by atoms with Gasteiger partial charge in [-0.1, -0.05) is 36.1 Å². The number of Topliss-reactive ketones (excluding diaryl/α,β-unsaturated/α-hetero) is 1. The average Bonchev–Trinajstić information content (AvgIpc) is 2.72. The molecule has 1 aliphatic heterocycles. The van der Waals surface area contributed by atoms with Crippen molar-refractivity contribution in [2.45, 2.75) is 12.5 Å². The number of rotatable bonds is 9. The topological polar surface area (TPSA) is 117 Å². The Balaban J connectivity index is 1.47. The summed E-state index contributed by atoms with van der Waals surface area (Å²) in [5.74, 6) is 6.33. The number of phosphoric acid groups is 1. The van der Waals surface area contributed by atoms with Gasteiger partial charge in [-0.15, -0.1) is 0 Å². The van der Waals surface area contributed by atoms with Crippen molar-refractivity contribution in [3.05, 3.63) is 54.1 Å². The van der Waals surface area contributed by atoms with Crippen molar-refractivity contribution in [2.24, 2.45) is 0 Å². The van der Waals surface area contributed by atoms with E-state index in [9.17, 15) is 9.36 Å². The Morgan fingerprint density at radius 2 is 1.68 bits per heavy atom. The van der Waals surface area contributed by atoms with Crippen molar-refractivity contribution >= 4 is 13.6 Å². The Morgan fingerprint density at radius 3 is 2.26 bits per heavy atom. The van der Waals surface area contributed by atoms with Gasteiger partial charge in [0.2, 0.25) is 0 Å². The maximum Gasteiger partial charge on any atom is 0.469 e. The van der Waals surface area contributed by atoms with Crippen LogP contribution in [0.15, 0.2) is 48.5 Å². The third-order valence-electron chi connectivity index (χ3n) is 4.59. The molecule has 0 atom stereocenters. The molecule has 3 N–H and O–H groups in total. The fourth-order valence-electron chi connectivity index (χ4n) is 3.07. The fourth-order valence-corrected chi connectivity index (χ4v) is 3.40. The zero-order valence-electron chi connectivity index (χ0n) is 16.8. The summed E-state index contributed by atoms with van der Waals surface area (Å²) in [4.78, 5) is 30.4. The van der Waals surface area contributed by atoms with Crippen LogP contribution in [-0.2, 0) is 13.9 Å². The predicted octanol–water partition coefficient (Wildman–Crippen LogP) is 1.83. The van der Waals surface area contributed by atoms with Gasteiger partial charge in [0, 0.05) is 25.1 Å². The van der Waals surface area contributed by atoms with Crippen LogP contribution in [0.2, 0.25) is 0 Å². The minimum Gasteiger partial charge on any atom is -0.488 e. The van der Waals surface area contributed by atoms with Crippen molar-refractivity contribution in [1.82, 2.24) is 4.90 Å². The smallest absolute Gasteiger partial charge is 0.469 e. The molecular weight excluding hydrogens is 421 g/mol. The van der Waals surface area contributed by atoms with E-state index < -0.39 is 14.4 Å². The summed E-state index contributed by atoms with van der Waals surface area (Å²) in [7, 11) is -4.44. The normalized spacial score (nSPS) is 14.4. The van der Waals surface area contributed by atoms with Gasteiger partial charge in [-0.3, -0.25) is 14.2 Å². The van der Waals surface area contributed by atoms with Crippen LogP contribution in [0.4, 0.5) is 0 Å². The third-order valence-corrected chi connectivity index (χ3v) is 5.11. The molecule has 0 spiro atoms. The van der Waals surface area contributed by atoms with Crippen LogP contribution in [0, 0.1) is 11.8 Å². The Bertz CT molecular complexity index is 983. The molecule has 1 heterocycles. The molecule has 0 aromatic heterocycles. The molecule has 0 radical (unpaired) electrons. The first kappa shape index (κ1) is 23.2. The van der Waals surface area contributed by atoms with E-state index in [2.05, 4.69) is 16.4 Å². The molecule has 0 amide bonds. The van der Waals surface area contributed by atoms with Gasteiger partial charge in [0.05, 0.1) is 13.2 Å². The average molecular weight is 445 g/mol. The lowest BCUT2D eigenvalue weighted by Gasteiger charge is -2.38. The van der Waals surface area contributed by atoms with E-state index in [4.69, 9.17) is 19.6 Å². The third kappa shape index (κ3) is 7.60. The Morgan fingerprint density at radius 1 is 1.06 bits per heavy atom. The molecule has 1 fully saturated rings. The van der Waals surface area contributed by atoms with E-state index in [0.29, 0.717) is 13.1 Å². The van der Waals surface area contributed by atoms with E-state index in [1.54, 1.807) is 0 Å². The van der Waals surface area contributed by atoms with Crippen LogP contribution in [0.1, 0.15) is 12.0 Å². The van der Waals surface area contributed by atoms with Crippen molar-refractivity contribution in [2.75, 3.05) is 32.8 Å².